The number of nitrogens with zero attached hydrogens (tertiary/aromatic N) is 1. The molecule has 1 aromatic heterocycles. The molecule has 2 aromatic rings. The molecule has 0 aliphatic carbocycles. The standard InChI is InChI=1S/C14H16BrFN2S/c1-9(17)12-4-3-5-13(16)14(12)18(2)7-11-6-10(15)8-19-11/h3-6,8-9H,7,17H2,1-2H3/t9-/m0/s1. The number of rotatable bonds is 4. The van der Waals surface area contributed by atoms with Gasteiger partial charge in [0.1, 0.15) is 5.82 Å². The fourth-order valence-corrected chi connectivity index (χ4v) is 3.56. The van der Waals surface area contributed by atoms with E-state index in [1.807, 2.05) is 36.4 Å². The Kier molecular flexibility index (Phi) is 4.60. The van der Waals surface area contributed by atoms with Crippen LogP contribution in [0.5, 0.6) is 0 Å². The summed E-state index contributed by atoms with van der Waals surface area (Å²) in [4.78, 5) is 3.08. The van der Waals surface area contributed by atoms with E-state index in [2.05, 4.69) is 15.9 Å². The predicted molar refractivity (Wildman–Crippen MR) is 83.1 cm³/mol. The van der Waals surface area contributed by atoms with E-state index in [0.29, 0.717) is 12.2 Å². The second kappa shape index (κ2) is 6.03. The molecular formula is C14H16BrFN2S. The Balaban J connectivity index is 2.30. The molecule has 0 radical (unpaired) electrons. The van der Waals surface area contributed by atoms with Gasteiger partial charge in [-0.2, -0.15) is 0 Å². The van der Waals surface area contributed by atoms with E-state index >= 15 is 0 Å². The number of benzene rings is 1. The molecule has 0 aliphatic rings. The zero-order valence-corrected chi connectivity index (χ0v) is 13.3. The van der Waals surface area contributed by atoms with Crippen LogP contribution >= 0.6 is 27.3 Å². The lowest BCUT2D eigenvalue weighted by atomic mass is 10.1. The summed E-state index contributed by atoms with van der Waals surface area (Å²) >= 11 is 5.08. The Morgan fingerprint density at radius 1 is 1.47 bits per heavy atom. The molecule has 5 heteroatoms. The summed E-state index contributed by atoms with van der Waals surface area (Å²) in [5, 5.41) is 2.02. The first-order valence-electron chi connectivity index (χ1n) is 5.97. The highest BCUT2D eigenvalue weighted by Crippen LogP contribution is 2.30. The first kappa shape index (κ1) is 14.5. The van der Waals surface area contributed by atoms with Crippen LogP contribution in [0.25, 0.3) is 0 Å². The van der Waals surface area contributed by atoms with Crippen LogP contribution in [0.2, 0.25) is 0 Å². The molecule has 0 amide bonds. The molecule has 1 aromatic carbocycles. The molecule has 19 heavy (non-hydrogen) atoms. The Hall–Kier alpha value is -0.910. The third-order valence-electron chi connectivity index (χ3n) is 2.91. The SMILES string of the molecule is C[C@H](N)c1cccc(F)c1N(C)Cc1cc(Br)cs1. The Morgan fingerprint density at radius 3 is 2.79 bits per heavy atom. The smallest absolute Gasteiger partial charge is 0.146 e. The molecule has 102 valence electrons. The predicted octanol–water partition coefficient (Wildman–Crippen LogP) is 4.31. The summed E-state index contributed by atoms with van der Waals surface area (Å²) < 4.78 is 15.1. The van der Waals surface area contributed by atoms with E-state index in [4.69, 9.17) is 5.73 Å². The summed E-state index contributed by atoms with van der Waals surface area (Å²) in [6, 6.07) is 6.91. The molecule has 0 spiro atoms. The third-order valence-corrected chi connectivity index (χ3v) is 4.59. The van der Waals surface area contributed by atoms with Crippen LogP contribution in [0, 0.1) is 5.82 Å². The summed E-state index contributed by atoms with van der Waals surface area (Å²) in [5.74, 6) is -0.229. The zero-order chi connectivity index (χ0) is 14.0. The normalized spacial score (nSPS) is 12.5. The van der Waals surface area contributed by atoms with E-state index in [-0.39, 0.29) is 11.9 Å². The first-order valence-corrected chi connectivity index (χ1v) is 7.64. The molecule has 0 bridgehead atoms. The number of thiophene rings is 1. The van der Waals surface area contributed by atoms with Crippen LogP contribution in [-0.4, -0.2) is 7.05 Å². The Morgan fingerprint density at radius 2 is 2.21 bits per heavy atom. The lowest BCUT2D eigenvalue weighted by molar-refractivity contribution is 0.616. The minimum Gasteiger partial charge on any atom is -0.367 e. The van der Waals surface area contributed by atoms with Gasteiger partial charge in [-0.3, -0.25) is 0 Å². The van der Waals surface area contributed by atoms with Crippen molar-refractivity contribution in [1.29, 1.82) is 0 Å². The lowest BCUT2D eigenvalue weighted by Gasteiger charge is -2.24. The van der Waals surface area contributed by atoms with Crippen molar-refractivity contribution in [2.45, 2.75) is 19.5 Å². The molecule has 1 atom stereocenters. The minimum atomic E-state index is -0.229. The van der Waals surface area contributed by atoms with E-state index in [0.717, 1.165) is 10.0 Å². The van der Waals surface area contributed by atoms with Crippen molar-refractivity contribution in [3.63, 3.8) is 0 Å². The number of halogens is 2. The van der Waals surface area contributed by atoms with Gasteiger partial charge in [0, 0.05) is 27.8 Å². The topological polar surface area (TPSA) is 29.3 Å². The molecule has 0 saturated carbocycles. The molecule has 1 heterocycles. The van der Waals surface area contributed by atoms with Gasteiger partial charge < -0.3 is 10.6 Å². The average Bonchev–Trinajstić information content (AvgIpc) is 2.74. The van der Waals surface area contributed by atoms with Crippen molar-refractivity contribution < 1.29 is 4.39 Å². The van der Waals surface area contributed by atoms with Crippen LogP contribution in [0.3, 0.4) is 0 Å². The third kappa shape index (κ3) is 3.35. The largest absolute Gasteiger partial charge is 0.367 e. The molecule has 0 fully saturated rings. The van der Waals surface area contributed by atoms with Gasteiger partial charge in [-0.25, -0.2) is 4.39 Å². The molecular weight excluding hydrogens is 327 g/mol. The number of para-hydroxylation sites is 1. The van der Waals surface area contributed by atoms with Crippen molar-refractivity contribution in [2.75, 3.05) is 11.9 Å². The van der Waals surface area contributed by atoms with Crippen molar-refractivity contribution in [3.05, 3.63) is 50.4 Å². The second-order valence-corrected chi connectivity index (χ2v) is 6.47. The molecule has 2 N–H and O–H groups in total. The van der Waals surface area contributed by atoms with Crippen molar-refractivity contribution in [3.8, 4) is 0 Å². The maximum atomic E-state index is 14.1. The highest BCUT2D eigenvalue weighted by molar-refractivity contribution is 9.10. The van der Waals surface area contributed by atoms with Gasteiger partial charge in [-0.05, 0) is 40.5 Å². The maximum absolute atomic E-state index is 14.1. The maximum Gasteiger partial charge on any atom is 0.146 e. The number of hydrogen-bond acceptors (Lipinski definition) is 3. The van der Waals surface area contributed by atoms with Crippen molar-refractivity contribution >= 4 is 33.0 Å². The monoisotopic (exact) mass is 342 g/mol. The highest BCUT2D eigenvalue weighted by Gasteiger charge is 2.16. The van der Waals surface area contributed by atoms with Gasteiger partial charge in [0.15, 0.2) is 0 Å². The van der Waals surface area contributed by atoms with E-state index in [1.54, 1.807) is 17.4 Å². The summed E-state index contributed by atoms with van der Waals surface area (Å²) in [5.41, 5.74) is 7.34. The first-order chi connectivity index (χ1) is 8.99. The molecule has 0 unspecified atom stereocenters. The van der Waals surface area contributed by atoms with Crippen molar-refractivity contribution in [2.24, 2.45) is 5.73 Å². The van der Waals surface area contributed by atoms with Crippen LogP contribution in [0.1, 0.15) is 23.4 Å². The molecule has 0 saturated heterocycles. The van der Waals surface area contributed by atoms with Gasteiger partial charge in [-0.15, -0.1) is 11.3 Å². The second-order valence-electron chi connectivity index (χ2n) is 4.55. The van der Waals surface area contributed by atoms with Gasteiger partial charge in [0.05, 0.1) is 12.2 Å². The van der Waals surface area contributed by atoms with Gasteiger partial charge in [0.25, 0.3) is 0 Å². The van der Waals surface area contributed by atoms with Crippen LogP contribution in [0.4, 0.5) is 10.1 Å². The average molecular weight is 343 g/mol. The fourth-order valence-electron chi connectivity index (χ4n) is 2.05. The van der Waals surface area contributed by atoms with Gasteiger partial charge >= 0.3 is 0 Å². The summed E-state index contributed by atoms with van der Waals surface area (Å²) in [7, 11) is 1.89. The molecule has 2 nitrogen and oxygen atoms in total. The molecule has 0 aliphatic heterocycles. The van der Waals surface area contributed by atoms with Crippen LogP contribution < -0.4 is 10.6 Å². The van der Waals surface area contributed by atoms with E-state index in [1.165, 1.54) is 10.9 Å². The number of nitrogens with two attached hydrogens (primary N) is 1. The summed E-state index contributed by atoms with van der Waals surface area (Å²) in [6.07, 6.45) is 0. The number of hydrogen-bond donors (Lipinski definition) is 1. The quantitative estimate of drug-likeness (QED) is 0.897. The number of anilines is 1. The Labute approximate surface area is 125 Å². The highest BCUT2D eigenvalue weighted by atomic mass is 79.9. The van der Waals surface area contributed by atoms with Gasteiger partial charge in [-0.1, -0.05) is 12.1 Å². The minimum absolute atomic E-state index is 0.191. The van der Waals surface area contributed by atoms with Crippen molar-refractivity contribution in [1.82, 2.24) is 0 Å². The lowest BCUT2D eigenvalue weighted by Crippen LogP contribution is -2.21. The Bertz CT molecular complexity index is 568. The van der Waals surface area contributed by atoms with Gasteiger partial charge in [0.2, 0.25) is 0 Å². The summed E-state index contributed by atoms with van der Waals surface area (Å²) in [6.45, 7) is 2.53. The fraction of sp³-hybridized carbons (Fsp3) is 0.286. The molecule has 2 rings (SSSR count). The van der Waals surface area contributed by atoms with E-state index in [9.17, 15) is 4.39 Å². The van der Waals surface area contributed by atoms with Crippen LogP contribution in [-0.2, 0) is 6.54 Å². The van der Waals surface area contributed by atoms with Crippen LogP contribution in [0.15, 0.2) is 34.1 Å². The zero-order valence-electron chi connectivity index (χ0n) is 10.9. The van der Waals surface area contributed by atoms with E-state index < -0.39 is 0 Å².